The first-order valence-electron chi connectivity index (χ1n) is 12.8. The van der Waals surface area contributed by atoms with Crippen LogP contribution in [0.4, 0.5) is 5.95 Å². The molecule has 11 nitrogen and oxygen atoms in total. The Morgan fingerprint density at radius 1 is 1.05 bits per heavy atom. The van der Waals surface area contributed by atoms with Crippen LogP contribution < -0.4 is 5.32 Å². The van der Waals surface area contributed by atoms with Crippen molar-refractivity contribution in [3.05, 3.63) is 76.0 Å². The van der Waals surface area contributed by atoms with E-state index >= 15 is 0 Å². The van der Waals surface area contributed by atoms with E-state index in [-0.39, 0.29) is 18.2 Å². The zero-order valence-electron chi connectivity index (χ0n) is 20.4. The fourth-order valence-corrected chi connectivity index (χ4v) is 5.70. The number of H-pyrrole nitrogens is 1. The van der Waals surface area contributed by atoms with Crippen molar-refractivity contribution in [3.8, 4) is 0 Å². The number of hydrogen-bond acceptors (Lipinski definition) is 9. The largest absolute Gasteiger partial charge is 0.424 e. The van der Waals surface area contributed by atoms with Gasteiger partial charge >= 0.3 is 0 Å². The van der Waals surface area contributed by atoms with Gasteiger partial charge in [0, 0.05) is 36.8 Å². The molecule has 11 heteroatoms. The maximum Gasteiger partial charge on any atom is 0.232 e. The highest BCUT2D eigenvalue weighted by atomic mass is 16.4. The normalized spacial score (nSPS) is 18.8. The van der Waals surface area contributed by atoms with Gasteiger partial charge in [0.2, 0.25) is 23.6 Å². The van der Waals surface area contributed by atoms with Crippen LogP contribution >= 0.6 is 0 Å². The molecule has 1 atom stereocenters. The summed E-state index contributed by atoms with van der Waals surface area (Å²) in [6.07, 6.45) is 7.16. The van der Waals surface area contributed by atoms with Gasteiger partial charge in [-0.1, -0.05) is 29.5 Å². The molecule has 37 heavy (non-hydrogen) atoms. The Bertz CT molecular complexity index is 1440. The first-order chi connectivity index (χ1) is 18.2. The number of nitrogens with zero attached hydrogens (tertiary/aromatic N) is 7. The van der Waals surface area contributed by atoms with E-state index in [2.05, 4.69) is 60.2 Å². The third-order valence-corrected chi connectivity index (χ3v) is 7.69. The summed E-state index contributed by atoms with van der Waals surface area (Å²) in [7, 11) is 0. The highest BCUT2D eigenvalue weighted by Crippen LogP contribution is 2.32. The second-order valence-electron chi connectivity index (χ2n) is 10.1. The molecule has 0 radical (unpaired) electrons. The molecule has 1 amide bonds. The fraction of sp³-hybridized carbons (Fsp3) is 0.423. The predicted octanol–water partition coefficient (Wildman–Crippen LogP) is 1.96. The van der Waals surface area contributed by atoms with Crippen LogP contribution in [-0.2, 0) is 49.9 Å². The Hall–Kier alpha value is -4.15. The van der Waals surface area contributed by atoms with Crippen molar-refractivity contribution in [1.29, 1.82) is 0 Å². The molecule has 2 N–H and O–H groups in total. The number of carbonyl (C=O) groups is 1. The Labute approximate surface area is 213 Å². The highest BCUT2D eigenvalue weighted by Gasteiger charge is 2.29. The van der Waals surface area contributed by atoms with Gasteiger partial charge in [0.1, 0.15) is 6.42 Å². The lowest BCUT2D eigenvalue weighted by Gasteiger charge is -2.25. The lowest BCUT2D eigenvalue weighted by molar-refractivity contribution is -0.131. The van der Waals surface area contributed by atoms with Crippen molar-refractivity contribution in [2.75, 3.05) is 11.9 Å². The summed E-state index contributed by atoms with van der Waals surface area (Å²) in [5.74, 6) is 1.70. The predicted molar refractivity (Wildman–Crippen MR) is 132 cm³/mol. The molecule has 7 rings (SSSR count). The highest BCUT2D eigenvalue weighted by molar-refractivity contribution is 5.78. The van der Waals surface area contributed by atoms with Crippen LogP contribution in [0.3, 0.4) is 0 Å². The third-order valence-electron chi connectivity index (χ3n) is 7.69. The van der Waals surface area contributed by atoms with Gasteiger partial charge in [0.15, 0.2) is 0 Å². The number of rotatable bonds is 5. The van der Waals surface area contributed by atoms with Gasteiger partial charge in [-0.25, -0.2) is 9.97 Å². The van der Waals surface area contributed by atoms with Crippen LogP contribution in [-0.4, -0.2) is 59.0 Å². The molecule has 1 aromatic carbocycles. The molecule has 1 unspecified atom stereocenters. The lowest BCUT2D eigenvalue weighted by Crippen LogP contribution is -2.37. The number of carbonyl (C=O) groups excluding carboxylic acids is 1. The topological polar surface area (TPSA) is 139 Å². The molecule has 3 aromatic heterocycles. The molecule has 0 saturated carbocycles. The van der Waals surface area contributed by atoms with E-state index in [4.69, 9.17) is 9.40 Å². The molecule has 188 valence electrons. The summed E-state index contributed by atoms with van der Waals surface area (Å²) in [4.78, 5) is 24.0. The van der Waals surface area contributed by atoms with Crippen LogP contribution in [0.25, 0.3) is 0 Å². The molecule has 0 spiro atoms. The average molecular weight is 498 g/mol. The van der Waals surface area contributed by atoms with Crippen molar-refractivity contribution in [1.82, 2.24) is 40.5 Å². The van der Waals surface area contributed by atoms with Gasteiger partial charge in [0.25, 0.3) is 0 Å². The number of aryl methyl sites for hydroxylation is 1. The van der Waals surface area contributed by atoms with Crippen molar-refractivity contribution in [3.63, 3.8) is 0 Å². The molecule has 0 bridgehead atoms. The van der Waals surface area contributed by atoms with Crippen molar-refractivity contribution in [2.45, 2.75) is 63.5 Å². The number of amides is 1. The van der Waals surface area contributed by atoms with Crippen molar-refractivity contribution < 1.29 is 9.21 Å². The first-order valence-corrected chi connectivity index (χ1v) is 12.8. The lowest BCUT2D eigenvalue weighted by atomic mass is 9.87. The molecule has 1 aliphatic heterocycles. The zero-order chi connectivity index (χ0) is 24.8. The molecule has 0 saturated heterocycles. The quantitative estimate of drug-likeness (QED) is 0.424. The zero-order valence-corrected chi connectivity index (χ0v) is 20.4. The van der Waals surface area contributed by atoms with Crippen LogP contribution in [0, 0.1) is 0 Å². The summed E-state index contributed by atoms with van der Waals surface area (Å²) in [5, 5.41) is 22.7. The van der Waals surface area contributed by atoms with E-state index in [0.29, 0.717) is 43.3 Å². The van der Waals surface area contributed by atoms with E-state index < -0.39 is 0 Å². The number of benzene rings is 1. The molecular formula is C26H27N9O2. The van der Waals surface area contributed by atoms with Crippen molar-refractivity contribution >= 4 is 11.9 Å². The average Bonchev–Trinajstić information content (AvgIpc) is 3.67. The number of hydrogen-bond donors (Lipinski definition) is 2. The standard InChI is InChI=1S/C26H27N9O2/c36-24(35-8-7-21-22(14-35)31-34-30-21)12-23-32-33-25(37-23)17-5-6-20-18(9-17)13-27-26(29-20)28-19-10-15-3-1-2-4-16(15)11-19/h1-4,13,17,19H,5-12,14H2,(H,27,28,29)(H,30,31,34). The summed E-state index contributed by atoms with van der Waals surface area (Å²) >= 11 is 0. The SMILES string of the molecule is O=C(Cc1nnc(C2CCc3nc(NC4Cc5ccccc5C4)ncc3C2)o1)N1CCc2nn[nH]c2C1. The summed E-state index contributed by atoms with van der Waals surface area (Å²) in [5.41, 5.74) is 6.82. The first kappa shape index (κ1) is 22.1. The maximum absolute atomic E-state index is 12.8. The number of anilines is 1. The van der Waals surface area contributed by atoms with E-state index in [1.165, 1.54) is 11.1 Å². The van der Waals surface area contributed by atoms with Crippen LogP contribution in [0.2, 0.25) is 0 Å². The van der Waals surface area contributed by atoms with Gasteiger partial charge in [-0.15, -0.1) is 15.3 Å². The Balaban J connectivity index is 0.968. The van der Waals surface area contributed by atoms with E-state index in [1.807, 2.05) is 6.20 Å². The molecular weight excluding hydrogens is 470 g/mol. The Morgan fingerprint density at radius 2 is 1.92 bits per heavy atom. The van der Waals surface area contributed by atoms with Gasteiger partial charge < -0.3 is 14.6 Å². The fourth-order valence-electron chi connectivity index (χ4n) is 5.70. The molecule has 0 fully saturated rings. The van der Waals surface area contributed by atoms with Gasteiger partial charge in [-0.2, -0.15) is 0 Å². The van der Waals surface area contributed by atoms with E-state index in [9.17, 15) is 4.79 Å². The molecule has 2 aliphatic carbocycles. The van der Waals surface area contributed by atoms with Gasteiger partial charge in [0.05, 0.1) is 17.9 Å². The molecule has 3 aliphatic rings. The van der Waals surface area contributed by atoms with Crippen LogP contribution in [0.5, 0.6) is 0 Å². The van der Waals surface area contributed by atoms with E-state index in [0.717, 1.165) is 54.7 Å². The molecule has 4 heterocycles. The van der Waals surface area contributed by atoms with Crippen LogP contribution in [0.15, 0.2) is 34.9 Å². The smallest absolute Gasteiger partial charge is 0.232 e. The van der Waals surface area contributed by atoms with Gasteiger partial charge in [-0.3, -0.25) is 9.89 Å². The minimum absolute atomic E-state index is 0.0387. The third kappa shape index (κ3) is 4.34. The van der Waals surface area contributed by atoms with Gasteiger partial charge in [-0.05, 0) is 48.8 Å². The number of aromatic amines is 1. The molecule has 4 aromatic rings. The minimum Gasteiger partial charge on any atom is -0.424 e. The summed E-state index contributed by atoms with van der Waals surface area (Å²) < 4.78 is 5.94. The maximum atomic E-state index is 12.8. The second-order valence-corrected chi connectivity index (χ2v) is 10.1. The Kier molecular flexibility index (Phi) is 5.40. The number of nitrogens with one attached hydrogen (secondary N) is 2. The van der Waals surface area contributed by atoms with Crippen LogP contribution in [0.1, 0.15) is 57.9 Å². The second kappa shape index (κ2) is 9.06. The number of fused-ring (bicyclic) bond motifs is 3. The summed E-state index contributed by atoms with van der Waals surface area (Å²) in [6.45, 7) is 1.09. The monoisotopic (exact) mass is 497 g/mol. The Morgan fingerprint density at radius 3 is 2.78 bits per heavy atom. The van der Waals surface area contributed by atoms with Crippen molar-refractivity contribution in [2.24, 2.45) is 0 Å². The van der Waals surface area contributed by atoms with E-state index in [1.54, 1.807) is 4.90 Å². The number of aromatic nitrogens is 7. The minimum atomic E-state index is -0.0387. The summed E-state index contributed by atoms with van der Waals surface area (Å²) in [6, 6.07) is 8.92.